The second kappa shape index (κ2) is 9.53. The summed E-state index contributed by atoms with van der Waals surface area (Å²) in [6.45, 7) is 5.77. The summed E-state index contributed by atoms with van der Waals surface area (Å²) in [6.07, 6.45) is 3.49. The second-order valence-corrected chi connectivity index (χ2v) is 9.18. The third-order valence-corrected chi connectivity index (χ3v) is 7.06. The van der Waals surface area contributed by atoms with Gasteiger partial charge in [0.25, 0.3) is 0 Å². The van der Waals surface area contributed by atoms with Crippen LogP contribution in [-0.2, 0) is 14.8 Å². The fourth-order valence-corrected chi connectivity index (χ4v) is 5.00. The van der Waals surface area contributed by atoms with Gasteiger partial charge >= 0.3 is 6.03 Å². The number of amides is 2. The molecule has 0 saturated carbocycles. The zero-order chi connectivity index (χ0) is 20.0. The highest BCUT2D eigenvalue weighted by molar-refractivity contribution is 7.89. The summed E-state index contributed by atoms with van der Waals surface area (Å²) in [7, 11) is -3.16. The lowest BCUT2D eigenvalue weighted by atomic mass is 10.1. The monoisotopic (exact) mass is 411 g/mol. The number of urea groups is 1. The van der Waals surface area contributed by atoms with Crippen LogP contribution in [0, 0.1) is 0 Å². The number of nitrogens with one attached hydrogen (secondary N) is 2. The zero-order valence-electron chi connectivity index (χ0n) is 16.3. The minimum absolute atomic E-state index is 0.0336. The maximum atomic E-state index is 12.2. The van der Waals surface area contributed by atoms with E-state index in [2.05, 4.69) is 20.5 Å². The number of nitrogens with zero attached hydrogens (tertiary/aromatic N) is 3. The molecule has 0 atom stereocenters. The summed E-state index contributed by atoms with van der Waals surface area (Å²) in [4.78, 5) is 18.8. The molecule has 0 unspecified atom stereocenters. The van der Waals surface area contributed by atoms with E-state index < -0.39 is 10.0 Å². The van der Waals surface area contributed by atoms with Crippen LogP contribution < -0.4 is 15.5 Å². The molecule has 2 saturated heterocycles. The predicted molar refractivity (Wildman–Crippen MR) is 108 cm³/mol. The smallest absolute Gasteiger partial charge is 0.319 e. The molecular formula is C18H29N5O4S. The Morgan fingerprint density at radius 2 is 1.93 bits per heavy atom. The van der Waals surface area contributed by atoms with Crippen LogP contribution in [0.3, 0.4) is 0 Å². The Hall–Kier alpha value is -1.91. The molecule has 10 heteroatoms. The molecule has 28 heavy (non-hydrogen) atoms. The van der Waals surface area contributed by atoms with Gasteiger partial charge in [0.15, 0.2) is 0 Å². The van der Waals surface area contributed by atoms with Gasteiger partial charge in [-0.05, 0) is 31.4 Å². The summed E-state index contributed by atoms with van der Waals surface area (Å²) in [5.41, 5.74) is 0.623. The van der Waals surface area contributed by atoms with Crippen molar-refractivity contribution in [3.63, 3.8) is 0 Å². The van der Waals surface area contributed by atoms with Gasteiger partial charge in [0.1, 0.15) is 5.82 Å². The molecule has 0 radical (unpaired) electrons. The van der Waals surface area contributed by atoms with Crippen molar-refractivity contribution in [1.82, 2.24) is 14.6 Å². The number of sulfonamides is 1. The van der Waals surface area contributed by atoms with E-state index in [9.17, 15) is 13.2 Å². The van der Waals surface area contributed by atoms with E-state index in [1.165, 1.54) is 4.31 Å². The average molecular weight is 412 g/mol. The van der Waals surface area contributed by atoms with E-state index in [0.29, 0.717) is 51.3 Å². The van der Waals surface area contributed by atoms with Gasteiger partial charge in [-0.3, -0.25) is 0 Å². The van der Waals surface area contributed by atoms with Gasteiger partial charge in [-0.15, -0.1) is 0 Å². The number of carbonyl (C=O) groups excluding carboxylic acids is 1. The average Bonchev–Trinajstić information content (AvgIpc) is 2.69. The van der Waals surface area contributed by atoms with E-state index in [1.54, 1.807) is 6.20 Å². The third-order valence-electron chi connectivity index (χ3n) is 4.99. The minimum atomic E-state index is -3.16. The molecule has 1 aromatic rings. The number of piperidine rings is 1. The van der Waals surface area contributed by atoms with Crippen LogP contribution >= 0.6 is 0 Å². The summed E-state index contributed by atoms with van der Waals surface area (Å²) in [6, 6.07) is 3.39. The molecule has 2 N–H and O–H groups in total. The van der Waals surface area contributed by atoms with Crippen LogP contribution in [0.25, 0.3) is 0 Å². The quantitative estimate of drug-likeness (QED) is 0.730. The van der Waals surface area contributed by atoms with Crippen LogP contribution in [0.4, 0.5) is 16.3 Å². The third kappa shape index (κ3) is 5.55. The Morgan fingerprint density at radius 1 is 1.21 bits per heavy atom. The van der Waals surface area contributed by atoms with Crippen LogP contribution in [0.2, 0.25) is 0 Å². The SMILES string of the molecule is CCCS(=O)(=O)N1CCC(NC(=O)Nc2ccc(N3CCOCC3)nc2)CC1. The molecule has 0 bridgehead atoms. The number of hydrogen-bond donors (Lipinski definition) is 2. The molecule has 3 rings (SSSR count). The van der Waals surface area contributed by atoms with E-state index in [0.717, 1.165) is 18.9 Å². The molecule has 1 aromatic heterocycles. The largest absolute Gasteiger partial charge is 0.378 e. The summed E-state index contributed by atoms with van der Waals surface area (Å²) < 4.78 is 31.1. The first-order valence-corrected chi connectivity index (χ1v) is 11.4. The lowest BCUT2D eigenvalue weighted by Crippen LogP contribution is -2.48. The Labute approximate surface area is 166 Å². The normalized spacial score (nSPS) is 19.4. The Balaban J connectivity index is 1.44. The summed E-state index contributed by atoms with van der Waals surface area (Å²) >= 11 is 0. The lowest BCUT2D eigenvalue weighted by Gasteiger charge is -2.31. The van der Waals surface area contributed by atoms with Crippen molar-refractivity contribution in [1.29, 1.82) is 0 Å². The first-order chi connectivity index (χ1) is 13.5. The maximum absolute atomic E-state index is 12.2. The zero-order valence-corrected chi connectivity index (χ0v) is 17.1. The molecule has 2 aliphatic heterocycles. The van der Waals surface area contributed by atoms with Gasteiger partial charge in [0, 0.05) is 32.2 Å². The molecular weight excluding hydrogens is 382 g/mol. The fourth-order valence-electron chi connectivity index (χ4n) is 3.46. The van der Waals surface area contributed by atoms with Gasteiger partial charge in [0.05, 0.1) is 30.9 Å². The van der Waals surface area contributed by atoms with Gasteiger partial charge in [-0.1, -0.05) is 6.92 Å². The Kier molecular flexibility index (Phi) is 7.08. The van der Waals surface area contributed by atoms with E-state index in [4.69, 9.17) is 4.74 Å². The van der Waals surface area contributed by atoms with E-state index >= 15 is 0 Å². The molecule has 2 fully saturated rings. The van der Waals surface area contributed by atoms with Crippen molar-refractivity contribution in [3.05, 3.63) is 18.3 Å². The summed E-state index contributed by atoms with van der Waals surface area (Å²) in [5.74, 6) is 1.05. The molecule has 0 spiro atoms. The number of morpholine rings is 1. The molecule has 0 aliphatic carbocycles. The number of pyridine rings is 1. The first-order valence-electron chi connectivity index (χ1n) is 9.82. The molecule has 3 heterocycles. The Bertz CT molecular complexity index is 742. The van der Waals surface area contributed by atoms with Crippen LogP contribution in [0.5, 0.6) is 0 Å². The predicted octanol–water partition coefficient (Wildman–Crippen LogP) is 1.24. The standard InChI is InChI=1S/C18H29N5O4S/c1-2-13-28(25,26)23-7-5-15(6-8-23)20-18(24)21-16-3-4-17(19-14-16)22-9-11-27-12-10-22/h3-4,14-15H,2,5-13H2,1H3,(H2,20,21,24). The van der Waals surface area contributed by atoms with Crippen molar-refractivity contribution in [2.24, 2.45) is 0 Å². The highest BCUT2D eigenvalue weighted by atomic mass is 32.2. The van der Waals surface area contributed by atoms with Crippen molar-refractivity contribution < 1.29 is 17.9 Å². The number of ether oxygens (including phenoxy) is 1. The number of anilines is 2. The highest BCUT2D eigenvalue weighted by Gasteiger charge is 2.28. The summed E-state index contributed by atoms with van der Waals surface area (Å²) in [5, 5.41) is 5.72. The van der Waals surface area contributed by atoms with E-state index in [-0.39, 0.29) is 17.8 Å². The topological polar surface area (TPSA) is 104 Å². The van der Waals surface area contributed by atoms with Crippen molar-refractivity contribution >= 4 is 27.6 Å². The molecule has 9 nitrogen and oxygen atoms in total. The number of aromatic nitrogens is 1. The van der Waals surface area contributed by atoms with Gasteiger partial charge in [0.2, 0.25) is 10.0 Å². The van der Waals surface area contributed by atoms with Gasteiger partial charge in [-0.25, -0.2) is 22.5 Å². The number of hydrogen-bond acceptors (Lipinski definition) is 6. The fraction of sp³-hybridized carbons (Fsp3) is 0.667. The maximum Gasteiger partial charge on any atom is 0.319 e. The molecule has 2 amide bonds. The van der Waals surface area contributed by atoms with Crippen LogP contribution in [0.1, 0.15) is 26.2 Å². The number of carbonyl (C=O) groups is 1. The van der Waals surface area contributed by atoms with Crippen molar-refractivity contribution in [2.45, 2.75) is 32.2 Å². The van der Waals surface area contributed by atoms with Crippen LogP contribution in [0.15, 0.2) is 18.3 Å². The second-order valence-electron chi connectivity index (χ2n) is 7.09. The Morgan fingerprint density at radius 3 is 2.54 bits per heavy atom. The van der Waals surface area contributed by atoms with Gasteiger partial charge < -0.3 is 20.3 Å². The minimum Gasteiger partial charge on any atom is -0.378 e. The number of rotatable bonds is 6. The first kappa shape index (κ1) is 20.8. The molecule has 156 valence electrons. The lowest BCUT2D eigenvalue weighted by molar-refractivity contribution is 0.122. The highest BCUT2D eigenvalue weighted by Crippen LogP contribution is 2.17. The molecule has 0 aromatic carbocycles. The van der Waals surface area contributed by atoms with E-state index in [1.807, 2.05) is 19.1 Å². The molecule has 2 aliphatic rings. The van der Waals surface area contributed by atoms with Gasteiger partial charge in [-0.2, -0.15) is 0 Å². The van der Waals surface area contributed by atoms with Crippen LogP contribution in [-0.4, -0.2) is 74.9 Å². The van der Waals surface area contributed by atoms with Crippen molar-refractivity contribution in [3.8, 4) is 0 Å². The van der Waals surface area contributed by atoms with Crippen molar-refractivity contribution in [2.75, 3.05) is 55.4 Å².